The number of carbonyl (C=O) groups is 2. The van der Waals surface area contributed by atoms with Crippen LogP contribution in [0.1, 0.15) is 17.3 Å². The molecule has 1 fully saturated rings. The number of piperazine rings is 1. The molecule has 0 N–H and O–H groups in total. The zero-order valence-corrected chi connectivity index (χ0v) is 10.2. The Morgan fingerprint density at radius 3 is 2.50 bits per heavy atom. The van der Waals surface area contributed by atoms with Crippen molar-refractivity contribution in [3.05, 3.63) is 29.6 Å². The second-order valence-corrected chi connectivity index (χ2v) is 4.31. The summed E-state index contributed by atoms with van der Waals surface area (Å²) in [5.41, 5.74) is 1.08. The van der Waals surface area contributed by atoms with E-state index in [9.17, 15) is 14.0 Å². The van der Waals surface area contributed by atoms with Crippen molar-refractivity contribution in [3.8, 4) is 0 Å². The molecule has 0 atom stereocenters. The van der Waals surface area contributed by atoms with Crippen LogP contribution in [0.2, 0.25) is 0 Å². The van der Waals surface area contributed by atoms with Crippen LogP contribution in [-0.2, 0) is 4.79 Å². The van der Waals surface area contributed by atoms with Gasteiger partial charge in [0, 0.05) is 44.4 Å². The number of halogens is 1. The highest BCUT2D eigenvalue weighted by molar-refractivity contribution is 5.84. The summed E-state index contributed by atoms with van der Waals surface area (Å²) in [5, 5.41) is 0. The van der Waals surface area contributed by atoms with E-state index < -0.39 is 5.82 Å². The van der Waals surface area contributed by atoms with Gasteiger partial charge in [0.25, 0.3) is 0 Å². The number of hydrogen-bond donors (Lipinski definition) is 0. The molecule has 18 heavy (non-hydrogen) atoms. The lowest BCUT2D eigenvalue weighted by atomic mass is 10.1. The number of carbonyl (C=O) groups excluding carboxylic acids is 2. The van der Waals surface area contributed by atoms with Crippen LogP contribution < -0.4 is 4.90 Å². The Labute approximate surface area is 105 Å². The topological polar surface area (TPSA) is 40.6 Å². The van der Waals surface area contributed by atoms with E-state index >= 15 is 0 Å². The predicted molar refractivity (Wildman–Crippen MR) is 66.3 cm³/mol. The fourth-order valence-electron chi connectivity index (χ4n) is 2.17. The molecule has 0 radical (unpaired) electrons. The zero-order valence-electron chi connectivity index (χ0n) is 10.2. The van der Waals surface area contributed by atoms with Crippen molar-refractivity contribution in [2.24, 2.45) is 0 Å². The van der Waals surface area contributed by atoms with Crippen molar-refractivity contribution >= 4 is 17.9 Å². The third kappa shape index (κ3) is 2.50. The SMILES string of the molecule is CC(=O)N1CCN(c2ccc(F)cc2C=O)CC1. The third-order valence-electron chi connectivity index (χ3n) is 3.18. The van der Waals surface area contributed by atoms with E-state index in [4.69, 9.17) is 0 Å². The van der Waals surface area contributed by atoms with Gasteiger partial charge in [-0.15, -0.1) is 0 Å². The Kier molecular flexibility index (Phi) is 3.60. The average Bonchev–Trinajstić information content (AvgIpc) is 2.38. The summed E-state index contributed by atoms with van der Waals surface area (Å²) >= 11 is 0. The highest BCUT2D eigenvalue weighted by Gasteiger charge is 2.20. The molecule has 1 aromatic carbocycles. The molecule has 1 amide bonds. The summed E-state index contributed by atoms with van der Waals surface area (Å²) < 4.78 is 13.0. The summed E-state index contributed by atoms with van der Waals surface area (Å²) in [7, 11) is 0. The molecule has 4 nitrogen and oxygen atoms in total. The number of nitrogens with zero attached hydrogens (tertiary/aromatic N) is 2. The molecule has 1 aliphatic rings. The van der Waals surface area contributed by atoms with Crippen LogP contribution in [0.25, 0.3) is 0 Å². The molecule has 0 saturated carbocycles. The van der Waals surface area contributed by atoms with E-state index in [1.807, 2.05) is 4.90 Å². The minimum Gasteiger partial charge on any atom is -0.367 e. The van der Waals surface area contributed by atoms with Crippen LogP contribution in [0.3, 0.4) is 0 Å². The van der Waals surface area contributed by atoms with Gasteiger partial charge in [0.1, 0.15) is 5.82 Å². The number of aldehydes is 1. The summed E-state index contributed by atoms with van der Waals surface area (Å²) in [6, 6.07) is 4.20. The van der Waals surface area contributed by atoms with Crippen molar-refractivity contribution in [1.29, 1.82) is 0 Å². The first-order valence-electron chi connectivity index (χ1n) is 5.87. The van der Waals surface area contributed by atoms with E-state index in [1.54, 1.807) is 17.9 Å². The Morgan fingerprint density at radius 2 is 1.94 bits per heavy atom. The van der Waals surface area contributed by atoms with Gasteiger partial charge < -0.3 is 9.80 Å². The number of amides is 1. The highest BCUT2D eigenvalue weighted by Crippen LogP contribution is 2.21. The van der Waals surface area contributed by atoms with Gasteiger partial charge in [0.2, 0.25) is 5.91 Å². The Morgan fingerprint density at radius 1 is 1.28 bits per heavy atom. The average molecular weight is 250 g/mol. The first-order valence-corrected chi connectivity index (χ1v) is 5.87. The monoisotopic (exact) mass is 250 g/mol. The standard InChI is InChI=1S/C13H15FN2O2/c1-10(18)15-4-6-16(7-5-15)13-3-2-12(14)8-11(13)9-17/h2-3,8-9H,4-7H2,1H3. The number of anilines is 1. The highest BCUT2D eigenvalue weighted by atomic mass is 19.1. The van der Waals surface area contributed by atoms with Gasteiger partial charge in [-0.25, -0.2) is 4.39 Å². The van der Waals surface area contributed by atoms with Gasteiger partial charge in [-0.2, -0.15) is 0 Å². The van der Waals surface area contributed by atoms with E-state index in [2.05, 4.69) is 0 Å². The molecule has 1 aromatic rings. The van der Waals surface area contributed by atoms with Gasteiger partial charge in [-0.05, 0) is 18.2 Å². The summed E-state index contributed by atoms with van der Waals surface area (Å²) in [6.07, 6.45) is 0.662. The molecule has 96 valence electrons. The normalized spacial score (nSPS) is 15.7. The summed E-state index contributed by atoms with van der Waals surface area (Å²) in [4.78, 5) is 25.9. The molecule has 5 heteroatoms. The van der Waals surface area contributed by atoms with Crippen LogP contribution in [0.5, 0.6) is 0 Å². The maximum absolute atomic E-state index is 13.0. The Balaban J connectivity index is 2.14. The minimum atomic E-state index is -0.414. The lowest BCUT2D eigenvalue weighted by Crippen LogP contribution is -2.48. The Bertz CT molecular complexity index is 468. The maximum Gasteiger partial charge on any atom is 0.219 e. The lowest BCUT2D eigenvalue weighted by Gasteiger charge is -2.36. The van der Waals surface area contributed by atoms with Crippen molar-refractivity contribution in [2.75, 3.05) is 31.1 Å². The van der Waals surface area contributed by atoms with E-state index in [0.29, 0.717) is 38.0 Å². The van der Waals surface area contributed by atoms with Crippen molar-refractivity contribution in [1.82, 2.24) is 4.90 Å². The molecular formula is C13H15FN2O2. The van der Waals surface area contributed by atoms with E-state index in [0.717, 1.165) is 5.69 Å². The number of rotatable bonds is 2. The van der Waals surface area contributed by atoms with E-state index in [-0.39, 0.29) is 5.91 Å². The predicted octanol–water partition coefficient (Wildman–Crippen LogP) is 1.31. The van der Waals surface area contributed by atoms with Crippen LogP contribution in [0, 0.1) is 5.82 Å². The fourth-order valence-corrected chi connectivity index (χ4v) is 2.17. The number of hydrogen-bond acceptors (Lipinski definition) is 3. The molecule has 1 aliphatic heterocycles. The van der Waals surface area contributed by atoms with E-state index in [1.165, 1.54) is 12.1 Å². The first kappa shape index (κ1) is 12.5. The molecule has 0 spiro atoms. The van der Waals surface area contributed by atoms with Crippen molar-refractivity contribution < 1.29 is 14.0 Å². The van der Waals surface area contributed by atoms with Crippen molar-refractivity contribution in [2.45, 2.75) is 6.92 Å². The lowest BCUT2D eigenvalue weighted by molar-refractivity contribution is -0.129. The second kappa shape index (κ2) is 5.16. The molecule has 1 saturated heterocycles. The molecule has 0 aliphatic carbocycles. The van der Waals surface area contributed by atoms with Gasteiger partial charge in [0.15, 0.2) is 6.29 Å². The molecule has 0 bridgehead atoms. The van der Waals surface area contributed by atoms with Crippen LogP contribution in [-0.4, -0.2) is 43.3 Å². The quantitative estimate of drug-likeness (QED) is 0.743. The first-order chi connectivity index (χ1) is 8.61. The Hall–Kier alpha value is -1.91. The van der Waals surface area contributed by atoms with Crippen molar-refractivity contribution in [3.63, 3.8) is 0 Å². The molecular weight excluding hydrogens is 235 g/mol. The second-order valence-electron chi connectivity index (χ2n) is 4.31. The van der Waals surface area contributed by atoms with Crippen LogP contribution in [0.15, 0.2) is 18.2 Å². The maximum atomic E-state index is 13.0. The molecule has 0 aromatic heterocycles. The largest absolute Gasteiger partial charge is 0.367 e. The van der Waals surface area contributed by atoms with Gasteiger partial charge in [-0.1, -0.05) is 0 Å². The van der Waals surface area contributed by atoms with Crippen LogP contribution >= 0.6 is 0 Å². The van der Waals surface area contributed by atoms with Gasteiger partial charge in [0.05, 0.1) is 0 Å². The number of benzene rings is 1. The van der Waals surface area contributed by atoms with Gasteiger partial charge >= 0.3 is 0 Å². The summed E-state index contributed by atoms with van der Waals surface area (Å²) in [6.45, 7) is 4.12. The van der Waals surface area contributed by atoms with Crippen LogP contribution in [0.4, 0.5) is 10.1 Å². The molecule has 0 unspecified atom stereocenters. The van der Waals surface area contributed by atoms with Gasteiger partial charge in [-0.3, -0.25) is 9.59 Å². The smallest absolute Gasteiger partial charge is 0.219 e. The zero-order chi connectivity index (χ0) is 13.1. The molecule has 2 rings (SSSR count). The summed E-state index contributed by atoms with van der Waals surface area (Å²) in [5.74, 6) is -0.354. The minimum absolute atomic E-state index is 0.0596. The molecule has 1 heterocycles. The third-order valence-corrected chi connectivity index (χ3v) is 3.18. The fraction of sp³-hybridized carbons (Fsp3) is 0.385.